The molecule has 23 heavy (non-hydrogen) atoms. The Kier molecular flexibility index (Phi) is 8.80. The number of hydrogen-bond acceptors (Lipinski definition) is 3. The fourth-order valence-corrected chi connectivity index (χ4v) is 2.09. The second-order valence-corrected chi connectivity index (χ2v) is 5.98. The highest BCUT2D eigenvalue weighted by Crippen LogP contribution is 2.13. The van der Waals surface area contributed by atoms with Crippen LogP contribution in [0.25, 0.3) is 0 Å². The zero-order valence-corrected chi connectivity index (χ0v) is 14.4. The quantitative estimate of drug-likeness (QED) is 0.650. The molecule has 0 atom stereocenters. The Morgan fingerprint density at radius 2 is 1.65 bits per heavy atom. The van der Waals surface area contributed by atoms with Crippen LogP contribution in [0.5, 0.6) is 5.75 Å². The van der Waals surface area contributed by atoms with Crippen molar-refractivity contribution >= 4 is 11.8 Å². The predicted octanol–water partition coefficient (Wildman–Crippen LogP) is 2.30. The smallest absolute Gasteiger partial charge is 0.258 e. The van der Waals surface area contributed by atoms with Gasteiger partial charge in [0.25, 0.3) is 5.91 Å². The average Bonchev–Trinajstić information content (AvgIpc) is 2.50. The van der Waals surface area contributed by atoms with Gasteiger partial charge in [-0.3, -0.25) is 9.59 Å². The van der Waals surface area contributed by atoms with E-state index in [1.807, 2.05) is 38.1 Å². The lowest BCUT2D eigenvalue weighted by Crippen LogP contribution is -2.37. The normalized spacial score (nSPS) is 10.4. The Morgan fingerprint density at radius 1 is 1.04 bits per heavy atom. The summed E-state index contributed by atoms with van der Waals surface area (Å²) >= 11 is 0. The minimum atomic E-state index is -0.194. The number of nitrogens with one attached hydrogen (secondary N) is 2. The maximum Gasteiger partial charge on any atom is 0.258 e. The summed E-state index contributed by atoms with van der Waals surface area (Å²) in [5.74, 6) is 0.838. The van der Waals surface area contributed by atoms with E-state index in [-0.39, 0.29) is 18.4 Å². The Bertz CT molecular complexity index is 484. The third-order valence-electron chi connectivity index (χ3n) is 3.19. The highest BCUT2D eigenvalue weighted by Gasteiger charge is 2.05. The molecule has 2 N–H and O–H groups in total. The number of amides is 2. The summed E-state index contributed by atoms with van der Waals surface area (Å²) in [6, 6.07) is 7.79. The van der Waals surface area contributed by atoms with Gasteiger partial charge in [0.2, 0.25) is 5.91 Å². The maximum atomic E-state index is 11.7. The zero-order chi connectivity index (χ0) is 17.1. The van der Waals surface area contributed by atoms with Gasteiger partial charge in [0.15, 0.2) is 6.61 Å². The van der Waals surface area contributed by atoms with E-state index in [4.69, 9.17) is 4.74 Å². The van der Waals surface area contributed by atoms with Gasteiger partial charge in [-0.1, -0.05) is 39.3 Å². The highest BCUT2D eigenvalue weighted by atomic mass is 16.5. The maximum absolute atomic E-state index is 11.7. The first-order valence-electron chi connectivity index (χ1n) is 8.26. The van der Waals surface area contributed by atoms with Crippen molar-refractivity contribution < 1.29 is 14.3 Å². The SMILES string of the molecule is CCCc1ccc(OCC(=O)NCCNC(=O)CC(C)C)cc1. The minimum absolute atomic E-state index is 0.0117. The second-order valence-electron chi connectivity index (χ2n) is 5.98. The van der Waals surface area contributed by atoms with Crippen molar-refractivity contribution in [1.29, 1.82) is 0 Å². The first-order chi connectivity index (χ1) is 11.0. The first-order valence-corrected chi connectivity index (χ1v) is 8.26. The van der Waals surface area contributed by atoms with E-state index in [1.54, 1.807) is 0 Å². The highest BCUT2D eigenvalue weighted by molar-refractivity contribution is 5.78. The van der Waals surface area contributed by atoms with Crippen LogP contribution in [0.15, 0.2) is 24.3 Å². The van der Waals surface area contributed by atoms with Crippen LogP contribution in [0.1, 0.15) is 39.2 Å². The van der Waals surface area contributed by atoms with Gasteiger partial charge >= 0.3 is 0 Å². The van der Waals surface area contributed by atoms with E-state index in [1.165, 1.54) is 5.56 Å². The van der Waals surface area contributed by atoms with Gasteiger partial charge < -0.3 is 15.4 Å². The molecule has 0 unspecified atom stereocenters. The van der Waals surface area contributed by atoms with Gasteiger partial charge in [-0.25, -0.2) is 0 Å². The number of aryl methyl sites for hydroxylation is 1. The summed E-state index contributed by atoms with van der Waals surface area (Å²) in [7, 11) is 0. The lowest BCUT2D eigenvalue weighted by molar-refractivity contribution is -0.124. The fourth-order valence-electron chi connectivity index (χ4n) is 2.09. The summed E-state index contributed by atoms with van der Waals surface area (Å²) in [4.78, 5) is 23.1. The molecule has 1 rings (SSSR count). The molecule has 128 valence electrons. The summed E-state index contributed by atoms with van der Waals surface area (Å²) in [5, 5.41) is 5.48. The van der Waals surface area contributed by atoms with E-state index in [2.05, 4.69) is 17.6 Å². The number of hydrogen-bond donors (Lipinski definition) is 2. The second kappa shape index (κ2) is 10.6. The molecule has 0 aliphatic carbocycles. The molecule has 0 aromatic heterocycles. The molecule has 0 aliphatic rings. The van der Waals surface area contributed by atoms with Crippen molar-refractivity contribution in [3.8, 4) is 5.75 Å². The molecule has 0 aliphatic heterocycles. The fraction of sp³-hybridized carbons (Fsp3) is 0.556. The van der Waals surface area contributed by atoms with E-state index in [0.29, 0.717) is 31.2 Å². The van der Waals surface area contributed by atoms with Crippen molar-refractivity contribution in [2.75, 3.05) is 19.7 Å². The van der Waals surface area contributed by atoms with Crippen LogP contribution in [-0.2, 0) is 16.0 Å². The van der Waals surface area contributed by atoms with Gasteiger partial charge in [0, 0.05) is 19.5 Å². The van der Waals surface area contributed by atoms with Crippen molar-refractivity contribution in [2.24, 2.45) is 5.92 Å². The van der Waals surface area contributed by atoms with Crippen LogP contribution in [0.3, 0.4) is 0 Å². The molecule has 5 nitrogen and oxygen atoms in total. The van der Waals surface area contributed by atoms with E-state index >= 15 is 0 Å². The van der Waals surface area contributed by atoms with Gasteiger partial charge in [-0.2, -0.15) is 0 Å². The molecule has 2 amide bonds. The third-order valence-corrected chi connectivity index (χ3v) is 3.19. The molecular formula is C18H28N2O3. The van der Waals surface area contributed by atoms with Crippen molar-refractivity contribution in [3.63, 3.8) is 0 Å². The molecule has 0 fully saturated rings. The summed E-state index contributed by atoms with van der Waals surface area (Å²) in [5.41, 5.74) is 1.27. The lowest BCUT2D eigenvalue weighted by atomic mass is 10.1. The monoisotopic (exact) mass is 320 g/mol. The van der Waals surface area contributed by atoms with E-state index < -0.39 is 0 Å². The molecule has 0 spiro atoms. The minimum Gasteiger partial charge on any atom is -0.484 e. The van der Waals surface area contributed by atoms with Gasteiger partial charge in [-0.05, 0) is 30.0 Å². The Balaban J connectivity index is 2.15. The van der Waals surface area contributed by atoms with Crippen LogP contribution < -0.4 is 15.4 Å². The number of ether oxygens (including phenoxy) is 1. The lowest BCUT2D eigenvalue weighted by Gasteiger charge is -2.09. The first kappa shape index (κ1) is 19.0. The van der Waals surface area contributed by atoms with Gasteiger partial charge in [0.05, 0.1) is 0 Å². The molecule has 0 radical (unpaired) electrons. The molecule has 0 heterocycles. The van der Waals surface area contributed by atoms with Crippen LogP contribution in [-0.4, -0.2) is 31.5 Å². The standard InChI is InChI=1S/C18H28N2O3/c1-4-5-15-6-8-16(9-7-15)23-13-18(22)20-11-10-19-17(21)12-14(2)3/h6-9,14H,4-5,10-13H2,1-3H3,(H,19,21)(H,20,22). The predicted molar refractivity (Wildman–Crippen MR) is 91.4 cm³/mol. The molecular weight excluding hydrogens is 292 g/mol. The molecule has 0 saturated heterocycles. The van der Waals surface area contributed by atoms with E-state index in [0.717, 1.165) is 12.8 Å². The summed E-state index contributed by atoms with van der Waals surface area (Å²) < 4.78 is 5.43. The topological polar surface area (TPSA) is 67.4 Å². The summed E-state index contributed by atoms with van der Waals surface area (Å²) in [6.07, 6.45) is 2.66. The van der Waals surface area contributed by atoms with Crippen LogP contribution in [0.2, 0.25) is 0 Å². The number of carbonyl (C=O) groups is 2. The molecule has 1 aromatic rings. The van der Waals surface area contributed by atoms with Crippen molar-refractivity contribution in [3.05, 3.63) is 29.8 Å². The zero-order valence-electron chi connectivity index (χ0n) is 14.4. The molecule has 5 heteroatoms. The van der Waals surface area contributed by atoms with Gasteiger partial charge in [-0.15, -0.1) is 0 Å². The Hall–Kier alpha value is -2.04. The van der Waals surface area contributed by atoms with Gasteiger partial charge in [0.1, 0.15) is 5.75 Å². The van der Waals surface area contributed by atoms with Crippen molar-refractivity contribution in [1.82, 2.24) is 10.6 Å². The number of carbonyl (C=O) groups excluding carboxylic acids is 2. The Labute approximate surface area is 138 Å². The largest absolute Gasteiger partial charge is 0.484 e. The third kappa shape index (κ3) is 8.86. The molecule has 0 bridgehead atoms. The van der Waals surface area contributed by atoms with Crippen LogP contribution in [0.4, 0.5) is 0 Å². The Morgan fingerprint density at radius 3 is 2.22 bits per heavy atom. The van der Waals surface area contributed by atoms with Crippen molar-refractivity contribution in [2.45, 2.75) is 40.0 Å². The van der Waals surface area contributed by atoms with Crippen LogP contribution >= 0.6 is 0 Å². The number of rotatable bonds is 10. The molecule has 1 aromatic carbocycles. The number of benzene rings is 1. The summed E-state index contributed by atoms with van der Waals surface area (Å²) in [6.45, 7) is 6.94. The molecule has 0 saturated carbocycles. The average molecular weight is 320 g/mol. The van der Waals surface area contributed by atoms with Crippen LogP contribution in [0, 0.1) is 5.92 Å². The van der Waals surface area contributed by atoms with E-state index in [9.17, 15) is 9.59 Å².